The summed E-state index contributed by atoms with van der Waals surface area (Å²) in [6.45, 7) is 3.97. The van der Waals surface area contributed by atoms with Gasteiger partial charge in [0.25, 0.3) is 0 Å². The van der Waals surface area contributed by atoms with Crippen LogP contribution >= 0.6 is 15.9 Å². The van der Waals surface area contributed by atoms with Gasteiger partial charge in [-0.3, -0.25) is 9.69 Å². The molecule has 1 unspecified atom stereocenters. The lowest BCUT2D eigenvalue weighted by Gasteiger charge is -2.30. The zero-order chi connectivity index (χ0) is 12.4. The van der Waals surface area contributed by atoms with Crippen molar-refractivity contribution >= 4 is 21.7 Å². The molecule has 0 bridgehead atoms. The van der Waals surface area contributed by atoms with Gasteiger partial charge >= 0.3 is 0 Å². The summed E-state index contributed by atoms with van der Waals surface area (Å²) in [5.74, 6) is 0.202. The van der Waals surface area contributed by atoms with Crippen LogP contribution in [0.3, 0.4) is 0 Å². The smallest absolute Gasteiger partial charge is 0.138 e. The molecule has 1 atom stereocenters. The Morgan fingerprint density at radius 1 is 1.53 bits per heavy atom. The molecule has 17 heavy (non-hydrogen) atoms. The fraction of sp³-hybridized carbons (Fsp3) is 0.462. The summed E-state index contributed by atoms with van der Waals surface area (Å²) in [6, 6.07) is 4.97. The first-order valence-corrected chi connectivity index (χ1v) is 6.54. The van der Waals surface area contributed by atoms with Crippen LogP contribution in [0, 0.1) is 11.7 Å². The minimum absolute atomic E-state index is 0.0685. The van der Waals surface area contributed by atoms with Gasteiger partial charge in [0.1, 0.15) is 11.6 Å². The third-order valence-corrected chi connectivity index (χ3v) is 3.65. The van der Waals surface area contributed by atoms with E-state index in [-0.39, 0.29) is 11.7 Å². The van der Waals surface area contributed by atoms with Crippen LogP contribution in [0.15, 0.2) is 22.7 Å². The first-order chi connectivity index (χ1) is 8.06. The van der Waals surface area contributed by atoms with Crippen molar-refractivity contribution in [2.75, 3.05) is 13.1 Å². The number of rotatable bonds is 2. The zero-order valence-electron chi connectivity index (χ0n) is 9.75. The van der Waals surface area contributed by atoms with Crippen molar-refractivity contribution in [2.24, 2.45) is 5.92 Å². The molecule has 0 aromatic heterocycles. The van der Waals surface area contributed by atoms with Crippen molar-refractivity contribution in [3.63, 3.8) is 0 Å². The maximum atomic E-state index is 13.6. The Balaban J connectivity index is 2.06. The number of piperidine rings is 1. The van der Waals surface area contributed by atoms with E-state index >= 15 is 0 Å². The number of likely N-dealkylation sites (tertiary alicyclic amines) is 1. The zero-order valence-corrected chi connectivity index (χ0v) is 11.3. The molecule has 0 aliphatic carbocycles. The summed E-state index contributed by atoms with van der Waals surface area (Å²) in [5.41, 5.74) is 0.681. The van der Waals surface area contributed by atoms with Gasteiger partial charge in [-0.05, 0) is 18.2 Å². The highest BCUT2D eigenvalue weighted by molar-refractivity contribution is 9.10. The average molecular weight is 300 g/mol. The number of Topliss-reactive ketones (excluding diaryl/α,β-unsaturated/α-hetero) is 1. The lowest BCUT2D eigenvalue weighted by molar-refractivity contribution is -0.125. The van der Waals surface area contributed by atoms with Crippen LogP contribution < -0.4 is 0 Å². The highest BCUT2D eigenvalue weighted by Gasteiger charge is 2.23. The normalized spacial score (nSPS) is 21.8. The molecule has 1 saturated heterocycles. The molecule has 0 radical (unpaired) electrons. The largest absolute Gasteiger partial charge is 0.299 e. The van der Waals surface area contributed by atoms with Crippen LogP contribution in [-0.2, 0) is 11.3 Å². The average Bonchev–Trinajstić information content (AvgIpc) is 2.29. The van der Waals surface area contributed by atoms with Gasteiger partial charge in [0.05, 0.1) is 0 Å². The van der Waals surface area contributed by atoms with E-state index in [9.17, 15) is 9.18 Å². The van der Waals surface area contributed by atoms with Crippen LogP contribution in [-0.4, -0.2) is 23.8 Å². The monoisotopic (exact) mass is 299 g/mol. The topological polar surface area (TPSA) is 20.3 Å². The maximum absolute atomic E-state index is 13.6. The van der Waals surface area contributed by atoms with Gasteiger partial charge in [-0.25, -0.2) is 4.39 Å². The molecule has 1 aliphatic heterocycles. The third-order valence-electron chi connectivity index (χ3n) is 3.16. The minimum atomic E-state index is -0.183. The lowest BCUT2D eigenvalue weighted by atomic mass is 9.98. The van der Waals surface area contributed by atoms with E-state index in [4.69, 9.17) is 0 Å². The molecule has 0 N–H and O–H groups in total. The maximum Gasteiger partial charge on any atom is 0.138 e. The number of halogens is 2. The standard InChI is InChI=1S/C13H15BrFNO/c1-9-7-16(5-4-13(9)17)8-10-6-11(14)2-3-12(10)15/h2-3,6,9H,4-5,7-8H2,1H3. The predicted octanol–water partition coefficient (Wildman–Crippen LogP) is 3.00. The number of hydrogen-bond acceptors (Lipinski definition) is 2. The van der Waals surface area contributed by atoms with Gasteiger partial charge in [0, 0.05) is 42.0 Å². The molecule has 1 aromatic carbocycles. The van der Waals surface area contributed by atoms with E-state index in [1.54, 1.807) is 12.1 Å². The summed E-state index contributed by atoms with van der Waals surface area (Å²) >= 11 is 3.34. The van der Waals surface area contributed by atoms with E-state index in [0.717, 1.165) is 17.6 Å². The Bertz CT molecular complexity index is 435. The highest BCUT2D eigenvalue weighted by Crippen LogP contribution is 2.20. The van der Waals surface area contributed by atoms with Crippen molar-refractivity contribution in [1.82, 2.24) is 4.90 Å². The molecular formula is C13H15BrFNO. The van der Waals surface area contributed by atoms with Gasteiger partial charge in [-0.2, -0.15) is 0 Å². The van der Waals surface area contributed by atoms with Crippen molar-refractivity contribution in [3.8, 4) is 0 Å². The van der Waals surface area contributed by atoms with Crippen LogP contribution in [0.4, 0.5) is 4.39 Å². The van der Waals surface area contributed by atoms with E-state index in [0.29, 0.717) is 24.3 Å². The molecular weight excluding hydrogens is 285 g/mol. The first-order valence-electron chi connectivity index (χ1n) is 5.75. The van der Waals surface area contributed by atoms with Gasteiger partial charge < -0.3 is 0 Å². The van der Waals surface area contributed by atoms with Gasteiger partial charge in [0.15, 0.2) is 0 Å². The van der Waals surface area contributed by atoms with Crippen molar-refractivity contribution < 1.29 is 9.18 Å². The Hall–Kier alpha value is -0.740. The number of benzene rings is 1. The molecule has 1 fully saturated rings. The number of nitrogens with zero attached hydrogens (tertiary/aromatic N) is 1. The summed E-state index contributed by atoms with van der Waals surface area (Å²) in [6.07, 6.45) is 0.580. The summed E-state index contributed by atoms with van der Waals surface area (Å²) < 4.78 is 14.5. The highest BCUT2D eigenvalue weighted by atomic mass is 79.9. The second kappa shape index (κ2) is 5.27. The van der Waals surface area contributed by atoms with Crippen molar-refractivity contribution in [1.29, 1.82) is 0 Å². The molecule has 92 valence electrons. The molecule has 0 spiro atoms. The number of ketones is 1. The Morgan fingerprint density at radius 2 is 2.29 bits per heavy atom. The molecule has 0 amide bonds. The summed E-state index contributed by atoms with van der Waals surface area (Å²) in [4.78, 5) is 13.5. The molecule has 4 heteroatoms. The second-order valence-electron chi connectivity index (χ2n) is 4.59. The minimum Gasteiger partial charge on any atom is -0.299 e. The number of carbonyl (C=O) groups excluding carboxylic acids is 1. The van der Waals surface area contributed by atoms with Gasteiger partial charge in [0.2, 0.25) is 0 Å². The lowest BCUT2D eigenvalue weighted by Crippen LogP contribution is -2.39. The Kier molecular flexibility index (Phi) is 3.94. The Labute approximate surface area is 109 Å². The summed E-state index contributed by atoms with van der Waals surface area (Å²) in [5, 5.41) is 0. The van der Waals surface area contributed by atoms with E-state index < -0.39 is 0 Å². The van der Waals surface area contributed by atoms with E-state index in [2.05, 4.69) is 20.8 Å². The molecule has 1 aromatic rings. The fourth-order valence-electron chi connectivity index (χ4n) is 2.14. The van der Waals surface area contributed by atoms with Crippen LogP contribution in [0.5, 0.6) is 0 Å². The molecule has 2 nitrogen and oxygen atoms in total. The van der Waals surface area contributed by atoms with E-state index in [1.807, 2.05) is 6.92 Å². The number of hydrogen-bond donors (Lipinski definition) is 0. The van der Waals surface area contributed by atoms with Crippen molar-refractivity contribution in [3.05, 3.63) is 34.1 Å². The van der Waals surface area contributed by atoms with Crippen LogP contribution in [0.1, 0.15) is 18.9 Å². The first kappa shape index (κ1) is 12.7. The number of carbonyl (C=O) groups is 1. The van der Waals surface area contributed by atoms with E-state index in [1.165, 1.54) is 6.07 Å². The summed E-state index contributed by atoms with van der Waals surface area (Å²) in [7, 11) is 0. The fourth-order valence-corrected chi connectivity index (χ4v) is 2.55. The second-order valence-corrected chi connectivity index (χ2v) is 5.50. The molecule has 0 saturated carbocycles. The SMILES string of the molecule is CC1CN(Cc2cc(Br)ccc2F)CCC1=O. The molecule has 1 heterocycles. The molecule has 2 rings (SSSR count). The third kappa shape index (κ3) is 3.13. The van der Waals surface area contributed by atoms with Crippen LogP contribution in [0.25, 0.3) is 0 Å². The van der Waals surface area contributed by atoms with Crippen molar-refractivity contribution in [2.45, 2.75) is 19.9 Å². The molecule has 1 aliphatic rings. The quantitative estimate of drug-likeness (QED) is 0.837. The van der Waals surface area contributed by atoms with Crippen LogP contribution in [0.2, 0.25) is 0 Å². The van der Waals surface area contributed by atoms with Gasteiger partial charge in [-0.15, -0.1) is 0 Å². The predicted molar refractivity (Wildman–Crippen MR) is 68.2 cm³/mol. The Morgan fingerprint density at radius 3 is 3.00 bits per heavy atom. The van der Waals surface area contributed by atoms with Gasteiger partial charge in [-0.1, -0.05) is 22.9 Å².